The fraction of sp³-hybridized carbons (Fsp3) is 0.318. The zero-order valence-corrected chi connectivity index (χ0v) is 16.7. The molecule has 1 aliphatic rings. The summed E-state index contributed by atoms with van der Waals surface area (Å²) in [4.78, 5) is 32.7. The predicted octanol–water partition coefficient (Wildman–Crippen LogP) is 2.40. The molecule has 150 valence electrons. The number of hydrogen-bond acceptors (Lipinski definition) is 4. The largest absolute Gasteiger partial charge is 0.496 e. The number of likely N-dealkylation sites (N-methyl/N-ethyl adjacent to an activating group) is 1. The Kier molecular flexibility index (Phi) is 5.20. The van der Waals surface area contributed by atoms with E-state index < -0.39 is 0 Å². The molecule has 3 aromatic rings. The van der Waals surface area contributed by atoms with Gasteiger partial charge in [-0.25, -0.2) is 4.98 Å². The molecule has 2 aromatic carbocycles. The third-order valence-corrected chi connectivity index (χ3v) is 5.42. The highest BCUT2D eigenvalue weighted by Gasteiger charge is 2.23. The predicted molar refractivity (Wildman–Crippen MR) is 110 cm³/mol. The molecule has 2 heterocycles. The van der Waals surface area contributed by atoms with Crippen LogP contribution in [0.25, 0.3) is 11.0 Å². The maximum Gasteiger partial charge on any atom is 0.254 e. The summed E-state index contributed by atoms with van der Waals surface area (Å²) in [5.41, 5.74) is 3.39. The summed E-state index contributed by atoms with van der Waals surface area (Å²) in [6.07, 6.45) is 2.14. The van der Waals surface area contributed by atoms with Gasteiger partial charge in [0.2, 0.25) is 5.91 Å². The number of carbonyl (C=O) groups is 2. The third kappa shape index (κ3) is 3.81. The van der Waals surface area contributed by atoms with E-state index in [0.29, 0.717) is 38.2 Å². The van der Waals surface area contributed by atoms with Crippen LogP contribution in [0.3, 0.4) is 0 Å². The van der Waals surface area contributed by atoms with Crippen LogP contribution in [-0.2, 0) is 11.3 Å². The Morgan fingerprint density at radius 1 is 1.14 bits per heavy atom. The summed E-state index contributed by atoms with van der Waals surface area (Å²) in [5, 5.41) is 0. The number of nitrogens with zero attached hydrogens (tertiary/aromatic N) is 4. The molecule has 0 radical (unpaired) electrons. The number of methoxy groups -OCH3 is 1. The summed E-state index contributed by atoms with van der Waals surface area (Å²) >= 11 is 0. The molecular formula is C22H24N4O3. The van der Waals surface area contributed by atoms with Crippen LogP contribution in [0.4, 0.5) is 0 Å². The standard InChI is InChI=1S/C22H24N4O3/c1-24-11-12-25(10-9-21(24)27)22(28)16-7-8-19-18(13-16)23-15-26(19)14-17-5-3-4-6-20(17)29-2/h3-8,13,15H,9-12,14H2,1-2H3. The lowest BCUT2D eigenvalue weighted by Gasteiger charge is -2.20. The topological polar surface area (TPSA) is 67.7 Å². The van der Waals surface area contributed by atoms with Crippen molar-refractivity contribution in [2.24, 2.45) is 0 Å². The van der Waals surface area contributed by atoms with Gasteiger partial charge >= 0.3 is 0 Å². The number of hydrogen-bond donors (Lipinski definition) is 0. The Bertz CT molecular complexity index is 1060. The van der Waals surface area contributed by atoms with Gasteiger partial charge in [-0.3, -0.25) is 9.59 Å². The summed E-state index contributed by atoms with van der Waals surface area (Å²) in [7, 11) is 3.44. The number of para-hydroxylation sites is 1. The zero-order valence-electron chi connectivity index (χ0n) is 16.7. The van der Waals surface area contributed by atoms with Crippen LogP contribution in [0.1, 0.15) is 22.3 Å². The maximum absolute atomic E-state index is 12.9. The first-order chi connectivity index (χ1) is 14.1. The van der Waals surface area contributed by atoms with Gasteiger partial charge in [0.1, 0.15) is 5.75 Å². The molecule has 0 N–H and O–H groups in total. The highest BCUT2D eigenvalue weighted by Crippen LogP contribution is 2.22. The van der Waals surface area contributed by atoms with Crippen molar-refractivity contribution in [3.63, 3.8) is 0 Å². The number of carbonyl (C=O) groups excluding carboxylic acids is 2. The van der Waals surface area contributed by atoms with E-state index in [1.165, 1.54) is 0 Å². The van der Waals surface area contributed by atoms with Crippen molar-refractivity contribution in [1.29, 1.82) is 0 Å². The molecule has 7 nitrogen and oxygen atoms in total. The van der Waals surface area contributed by atoms with Crippen LogP contribution in [0.5, 0.6) is 5.75 Å². The second-order valence-electron chi connectivity index (χ2n) is 7.25. The first-order valence-corrected chi connectivity index (χ1v) is 9.67. The first-order valence-electron chi connectivity index (χ1n) is 9.67. The number of imidazole rings is 1. The van der Waals surface area contributed by atoms with Crippen molar-refractivity contribution < 1.29 is 14.3 Å². The van der Waals surface area contributed by atoms with Gasteiger partial charge in [-0.1, -0.05) is 18.2 Å². The average Bonchev–Trinajstić information content (AvgIpc) is 3.06. The van der Waals surface area contributed by atoms with E-state index in [-0.39, 0.29) is 11.8 Å². The number of aromatic nitrogens is 2. The van der Waals surface area contributed by atoms with E-state index in [2.05, 4.69) is 4.98 Å². The van der Waals surface area contributed by atoms with Crippen molar-refractivity contribution in [2.75, 3.05) is 33.8 Å². The molecule has 0 bridgehead atoms. The maximum atomic E-state index is 12.9. The summed E-state index contributed by atoms with van der Waals surface area (Å²) in [6, 6.07) is 13.5. The van der Waals surface area contributed by atoms with Crippen molar-refractivity contribution in [3.05, 3.63) is 59.9 Å². The van der Waals surface area contributed by atoms with Gasteiger partial charge in [0.05, 0.1) is 31.0 Å². The van der Waals surface area contributed by atoms with Crippen LogP contribution in [0, 0.1) is 0 Å². The number of rotatable bonds is 4. The Balaban J connectivity index is 1.56. The number of benzene rings is 2. The molecule has 7 heteroatoms. The fourth-order valence-corrected chi connectivity index (χ4v) is 3.65. The monoisotopic (exact) mass is 392 g/mol. The normalized spacial score (nSPS) is 14.9. The highest BCUT2D eigenvalue weighted by atomic mass is 16.5. The quantitative estimate of drug-likeness (QED) is 0.684. The van der Waals surface area contributed by atoms with Crippen molar-refractivity contribution >= 4 is 22.8 Å². The van der Waals surface area contributed by atoms with Gasteiger partial charge in [0, 0.05) is 44.2 Å². The molecular weight excluding hydrogens is 368 g/mol. The number of fused-ring (bicyclic) bond motifs is 1. The fourth-order valence-electron chi connectivity index (χ4n) is 3.65. The van der Waals surface area contributed by atoms with Crippen molar-refractivity contribution in [3.8, 4) is 5.75 Å². The van der Waals surface area contributed by atoms with Crippen LogP contribution in [0.2, 0.25) is 0 Å². The second-order valence-corrected chi connectivity index (χ2v) is 7.25. The van der Waals surface area contributed by atoms with E-state index >= 15 is 0 Å². The molecule has 0 aliphatic carbocycles. The minimum absolute atomic E-state index is 0.0609. The lowest BCUT2D eigenvalue weighted by Crippen LogP contribution is -2.34. The van der Waals surface area contributed by atoms with Crippen LogP contribution in [0.15, 0.2) is 48.8 Å². The van der Waals surface area contributed by atoms with Gasteiger partial charge in [0.15, 0.2) is 0 Å². The van der Waals surface area contributed by atoms with Crippen LogP contribution in [-0.4, -0.2) is 65.0 Å². The Labute approximate surface area is 169 Å². The molecule has 2 amide bonds. The summed E-state index contributed by atoms with van der Waals surface area (Å²) in [5.74, 6) is 0.849. The van der Waals surface area contributed by atoms with E-state index in [1.807, 2.05) is 47.0 Å². The lowest BCUT2D eigenvalue weighted by molar-refractivity contribution is -0.129. The Hall–Kier alpha value is -3.35. The minimum atomic E-state index is -0.0609. The van der Waals surface area contributed by atoms with Crippen LogP contribution >= 0.6 is 0 Å². The molecule has 0 atom stereocenters. The van der Waals surface area contributed by atoms with Crippen LogP contribution < -0.4 is 4.74 Å². The van der Waals surface area contributed by atoms with E-state index in [0.717, 1.165) is 22.3 Å². The lowest BCUT2D eigenvalue weighted by atomic mass is 10.1. The molecule has 29 heavy (non-hydrogen) atoms. The van der Waals surface area contributed by atoms with Gasteiger partial charge in [0.25, 0.3) is 5.91 Å². The van der Waals surface area contributed by atoms with Crippen molar-refractivity contribution in [1.82, 2.24) is 19.4 Å². The summed E-state index contributed by atoms with van der Waals surface area (Å²) < 4.78 is 7.48. The molecule has 1 fully saturated rings. The zero-order chi connectivity index (χ0) is 20.4. The van der Waals surface area contributed by atoms with Gasteiger partial charge in [-0.15, -0.1) is 0 Å². The SMILES string of the molecule is COc1ccccc1Cn1cnc2cc(C(=O)N3CCC(=O)N(C)CC3)ccc21. The Morgan fingerprint density at radius 2 is 1.97 bits per heavy atom. The molecule has 1 aliphatic heterocycles. The molecule has 0 spiro atoms. The smallest absolute Gasteiger partial charge is 0.254 e. The molecule has 0 saturated carbocycles. The molecule has 1 aromatic heterocycles. The van der Waals surface area contributed by atoms with Crippen molar-refractivity contribution in [2.45, 2.75) is 13.0 Å². The molecule has 4 rings (SSSR count). The highest BCUT2D eigenvalue weighted by molar-refractivity contribution is 5.97. The summed E-state index contributed by atoms with van der Waals surface area (Å²) in [6.45, 7) is 2.18. The van der Waals surface area contributed by atoms with E-state index in [9.17, 15) is 9.59 Å². The second kappa shape index (κ2) is 7.95. The van der Waals surface area contributed by atoms with Gasteiger partial charge in [-0.2, -0.15) is 0 Å². The molecule has 0 unspecified atom stereocenters. The van der Waals surface area contributed by atoms with Gasteiger partial charge < -0.3 is 19.1 Å². The first kappa shape index (κ1) is 19.0. The van der Waals surface area contributed by atoms with E-state index in [1.54, 1.807) is 30.3 Å². The van der Waals surface area contributed by atoms with E-state index in [4.69, 9.17) is 4.74 Å². The number of amides is 2. The Morgan fingerprint density at radius 3 is 2.79 bits per heavy atom. The average molecular weight is 392 g/mol. The molecule has 1 saturated heterocycles. The van der Waals surface area contributed by atoms with Gasteiger partial charge in [-0.05, 0) is 24.3 Å². The number of ether oxygens (including phenoxy) is 1. The third-order valence-electron chi connectivity index (χ3n) is 5.42. The minimum Gasteiger partial charge on any atom is -0.496 e.